The summed E-state index contributed by atoms with van der Waals surface area (Å²) in [6, 6.07) is 11.2. The van der Waals surface area contributed by atoms with Gasteiger partial charge in [-0.05, 0) is 42.5 Å². The van der Waals surface area contributed by atoms with Gasteiger partial charge in [0.1, 0.15) is 0 Å². The second-order valence-electron chi connectivity index (χ2n) is 5.35. The smallest absolute Gasteiger partial charge is 0.244 e. The molecule has 0 saturated carbocycles. The van der Waals surface area contributed by atoms with E-state index in [0.717, 1.165) is 16.2 Å². The van der Waals surface area contributed by atoms with Gasteiger partial charge in [-0.1, -0.05) is 11.6 Å². The predicted molar refractivity (Wildman–Crippen MR) is 110 cm³/mol. The lowest BCUT2D eigenvalue weighted by atomic mass is 10.1. The van der Waals surface area contributed by atoms with Gasteiger partial charge in [0.2, 0.25) is 11.7 Å². The van der Waals surface area contributed by atoms with Crippen LogP contribution in [0.25, 0.3) is 6.08 Å². The van der Waals surface area contributed by atoms with Crippen LogP contribution in [0.4, 0.5) is 0 Å². The van der Waals surface area contributed by atoms with E-state index in [2.05, 4.69) is 5.32 Å². The van der Waals surface area contributed by atoms with Gasteiger partial charge in [0.05, 0.1) is 21.3 Å². The Balaban J connectivity index is 1.89. The van der Waals surface area contributed by atoms with Gasteiger partial charge in [-0.3, -0.25) is 4.79 Å². The van der Waals surface area contributed by atoms with Crippen LogP contribution in [0.15, 0.2) is 47.4 Å². The second kappa shape index (κ2) is 10.7. The topological polar surface area (TPSA) is 56.8 Å². The maximum absolute atomic E-state index is 12.0. The highest BCUT2D eigenvalue weighted by molar-refractivity contribution is 7.99. The van der Waals surface area contributed by atoms with Crippen molar-refractivity contribution in [3.05, 3.63) is 53.1 Å². The number of rotatable bonds is 9. The molecular weight excluding hydrogens is 386 g/mol. The van der Waals surface area contributed by atoms with Gasteiger partial charge in [0.15, 0.2) is 11.5 Å². The van der Waals surface area contributed by atoms with Crippen LogP contribution in [0, 0.1) is 0 Å². The monoisotopic (exact) mass is 407 g/mol. The van der Waals surface area contributed by atoms with E-state index in [1.807, 2.05) is 24.3 Å². The Bertz CT molecular complexity index is 793. The highest BCUT2D eigenvalue weighted by Crippen LogP contribution is 2.40. The molecule has 2 aromatic rings. The van der Waals surface area contributed by atoms with E-state index < -0.39 is 0 Å². The summed E-state index contributed by atoms with van der Waals surface area (Å²) in [5.41, 5.74) is 0.723. The van der Waals surface area contributed by atoms with Crippen molar-refractivity contribution in [1.82, 2.24) is 5.32 Å². The molecule has 5 nitrogen and oxygen atoms in total. The van der Waals surface area contributed by atoms with Gasteiger partial charge in [-0.15, -0.1) is 11.8 Å². The fraction of sp³-hybridized carbons (Fsp3) is 0.250. The van der Waals surface area contributed by atoms with Gasteiger partial charge in [-0.25, -0.2) is 0 Å². The predicted octanol–water partition coefficient (Wildman–Crippen LogP) is 4.29. The van der Waals surface area contributed by atoms with Gasteiger partial charge < -0.3 is 19.5 Å². The molecule has 0 spiro atoms. The number of benzene rings is 2. The zero-order chi connectivity index (χ0) is 19.6. The van der Waals surface area contributed by atoms with Crippen molar-refractivity contribution in [2.45, 2.75) is 4.90 Å². The summed E-state index contributed by atoms with van der Waals surface area (Å²) < 4.78 is 16.0. The van der Waals surface area contributed by atoms with Gasteiger partial charge in [-0.2, -0.15) is 0 Å². The Labute approximate surface area is 168 Å². The van der Waals surface area contributed by atoms with Crippen LogP contribution >= 0.6 is 23.4 Å². The van der Waals surface area contributed by atoms with E-state index in [0.29, 0.717) is 28.8 Å². The maximum atomic E-state index is 12.0. The molecule has 1 amide bonds. The fourth-order valence-electron chi connectivity index (χ4n) is 2.35. The lowest BCUT2D eigenvalue weighted by Gasteiger charge is -2.13. The number of hydrogen-bond acceptors (Lipinski definition) is 5. The molecule has 0 bridgehead atoms. The zero-order valence-corrected chi connectivity index (χ0v) is 17.0. The van der Waals surface area contributed by atoms with E-state index >= 15 is 0 Å². The van der Waals surface area contributed by atoms with Crippen molar-refractivity contribution in [2.24, 2.45) is 0 Å². The molecule has 0 aliphatic rings. The molecular formula is C20H22ClNO4S. The van der Waals surface area contributed by atoms with E-state index in [4.69, 9.17) is 25.8 Å². The lowest BCUT2D eigenvalue weighted by molar-refractivity contribution is -0.116. The molecule has 0 aliphatic heterocycles. The Morgan fingerprint density at radius 1 is 1.04 bits per heavy atom. The molecule has 1 N–H and O–H groups in total. The highest BCUT2D eigenvalue weighted by Gasteiger charge is 2.14. The third-order valence-corrected chi connectivity index (χ3v) is 4.90. The number of ether oxygens (including phenoxy) is 3. The minimum atomic E-state index is -0.177. The van der Waals surface area contributed by atoms with Crippen molar-refractivity contribution in [1.29, 1.82) is 0 Å². The van der Waals surface area contributed by atoms with Crippen LogP contribution in [-0.4, -0.2) is 39.5 Å². The first-order chi connectivity index (χ1) is 13.1. The molecule has 0 saturated heterocycles. The third-order valence-electron chi connectivity index (χ3n) is 3.63. The van der Waals surface area contributed by atoms with Crippen LogP contribution in [0.5, 0.6) is 17.2 Å². The first-order valence-corrected chi connectivity index (χ1v) is 9.58. The zero-order valence-electron chi connectivity index (χ0n) is 15.5. The van der Waals surface area contributed by atoms with Crippen LogP contribution in [-0.2, 0) is 4.79 Å². The number of thioether (sulfide) groups is 1. The Morgan fingerprint density at radius 2 is 1.74 bits per heavy atom. The summed E-state index contributed by atoms with van der Waals surface area (Å²) in [5, 5.41) is 3.57. The van der Waals surface area contributed by atoms with E-state index in [1.165, 1.54) is 6.08 Å². The molecule has 0 aliphatic carbocycles. The SMILES string of the molecule is COc1ccc(C=CC(=O)NCCSc2ccc(Cl)cc2)c(OC)c1OC. The number of hydrogen-bond donors (Lipinski definition) is 1. The number of nitrogens with one attached hydrogen (secondary N) is 1. The van der Waals surface area contributed by atoms with Gasteiger partial charge in [0, 0.05) is 33.9 Å². The van der Waals surface area contributed by atoms with Crippen LogP contribution in [0.1, 0.15) is 5.56 Å². The van der Waals surface area contributed by atoms with Crippen molar-refractivity contribution in [3.63, 3.8) is 0 Å². The molecule has 27 heavy (non-hydrogen) atoms. The Kier molecular flexibility index (Phi) is 8.36. The Hall–Kier alpha value is -2.31. The summed E-state index contributed by atoms with van der Waals surface area (Å²) in [7, 11) is 4.64. The van der Waals surface area contributed by atoms with Crippen LogP contribution in [0.3, 0.4) is 0 Å². The Morgan fingerprint density at radius 3 is 2.37 bits per heavy atom. The third kappa shape index (κ3) is 6.12. The number of carbonyl (C=O) groups is 1. The van der Waals surface area contributed by atoms with Crippen molar-refractivity contribution < 1.29 is 19.0 Å². The molecule has 0 unspecified atom stereocenters. The summed E-state index contributed by atoms with van der Waals surface area (Å²) in [6.45, 7) is 0.555. The summed E-state index contributed by atoms with van der Waals surface area (Å²) in [6.07, 6.45) is 3.15. The standard InChI is InChI=1S/C20H22ClNO4S/c1-24-17-10-4-14(19(25-2)20(17)26-3)5-11-18(23)22-12-13-27-16-8-6-15(21)7-9-16/h4-11H,12-13H2,1-3H3,(H,22,23). The molecule has 2 rings (SSSR count). The average molecular weight is 408 g/mol. The molecule has 0 fully saturated rings. The van der Waals surface area contributed by atoms with Crippen LogP contribution in [0.2, 0.25) is 5.02 Å². The van der Waals surface area contributed by atoms with Crippen molar-refractivity contribution >= 4 is 35.3 Å². The summed E-state index contributed by atoms with van der Waals surface area (Å²) in [5.74, 6) is 2.15. The lowest BCUT2D eigenvalue weighted by Crippen LogP contribution is -2.23. The molecule has 144 valence electrons. The molecule has 0 aromatic heterocycles. The van der Waals surface area contributed by atoms with Crippen LogP contribution < -0.4 is 19.5 Å². The first kappa shape index (κ1) is 21.0. The quantitative estimate of drug-likeness (QED) is 0.382. The largest absolute Gasteiger partial charge is 0.493 e. The fourth-order valence-corrected chi connectivity index (χ4v) is 3.25. The number of halogens is 1. The minimum absolute atomic E-state index is 0.177. The number of amides is 1. The number of carbonyl (C=O) groups excluding carboxylic acids is 1. The second-order valence-corrected chi connectivity index (χ2v) is 6.96. The average Bonchev–Trinajstić information content (AvgIpc) is 2.69. The van der Waals surface area contributed by atoms with Crippen molar-refractivity contribution in [3.8, 4) is 17.2 Å². The molecule has 7 heteroatoms. The normalized spacial score (nSPS) is 10.7. The summed E-state index contributed by atoms with van der Waals surface area (Å²) >= 11 is 7.51. The molecule has 0 atom stereocenters. The number of methoxy groups -OCH3 is 3. The van der Waals surface area contributed by atoms with E-state index in [-0.39, 0.29) is 5.91 Å². The van der Waals surface area contributed by atoms with Gasteiger partial charge in [0.25, 0.3) is 0 Å². The molecule has 0 radical (unpaired) electrons. The molecule has 2 aromatic carbocycles. The first-order valence-electron chi connectivity index (χ1n) is 8.22. The van der Waals surface area contributed by atoms with E-state index in [9.17, 15) is 4.79 Å². The summed E-state index contributed by atoms with van der Waals surface area (Å²) in [4.78, 5) is 13.1. The molecule has 0 heterocycles. The van der Waals surface area contributed by atoms with Crippen molar-refractivity contribution in [2.75, 3.05) is 33.6 Å². The van der Waals surface area contributed by atoms with Gasteiger partial charge >= 0.3 is 0 Å². The maximum Gasteiger partial charge on any atom is 0.244 e. The van der Waals surface area contributed by atoms with E-state index in [1.54, 1.807) is 51.3 Å². The highest BCUT2D eigenvalue weighted by atomic mass is 35.5. The minimum Gasteiger partial charge on any atom is -0.493 e.